The van der Waals surface area contributed by atoms with Crippen LogP contribution in [0.5, 0.6) is 0 Å². The average molecular weight is 343 g/mol. The molecule has 1 unspecified atom stereocenters. The zero-order valence-corrected chi connectivity index (χ0v) is 13.9. The van der Waals surface area contributed by atoms with Crippen LogP contribution in [0.25, 0.3) is 0 Å². The van der Waals surface area contributed by atoms with Gasteiger partial charge in [-0.25, -0.2) is 0 Å². The van der Waals surface area contributed by atoms with E-state index < -0.39 is 5.41 Å². The third kappa shape index (κ3) is 2.47. The van der Waals surface area contributed by atoms with E-state index in [0.717, 1.165) is 36.5 Å². The molecule has 4 rings (SSSR count). The second-order valence-electron chi connectivity index (χ2n) is 6.32. The summed E-state index contributed by atoms with van der Waals surface area (Å²) >= 11 is 1.16. The smallest absolute Gasteiger partial charge is 0.275 e. The molecule has 2 fully saturated rings. The lowest BCUT2D eigenvalue weighted by atomic mass is 9.78. The van der Waals surface area contributed by atoms with Gasteiger partial charge < -0.3 is 9.80 Å². The van der Waals surface area contributed by atoms with E-state index in [9.17, 15) is 9.59 Å². The highest BCUT2D eigenvalue weighted by Crippen LogP contribution is 2.41. The molecule has 2 aromatic heterocycles. The van der Waals surface area contributed by atoms with Crippen LogP contribution >= 0.6 is 11.5 Å². The summed E-state index contributed by atoms with van der Waals surface area (Å²) in [5.74, 6) is -0.0279. The van der Waals surface area contributed by atoms with Gasteiger partial charge in [0.1, 0.15) is 0 Å². The molecule has 0 radical (unpaired) electrons. The summed E-state index contributed by atoms with van der Waals surface area (Å²) in [6.07, 6.45) is 5.82. The number of nitrogens with zero attached hydrogens (tertiary/aromatic N) is 5. The van der Waals surface area contributed by atoms with Gasteiger partial charge in [0.05, 0.1) is 17.3 Å². The Balaban J connectivity index is 1.55. The number of piperidine rings is 1. The summed E-state index contributed by atoms with van der Waals surface area (Å²) in [7, 11) is 0. The van der Waals surface area contributed by atoms with Gasteiger partial charge in [0, 0.05) is 31.2 Å². The summed E-state index contributed by atoms with van der Waals surface area (Å²) in [5, 5.41) is 5.52. The molecule has 1 atom stereocenters. The predicted octanol–water partition coefficient (Wildman–Crippen LogP) is 1.59. The minimum atomic E-state index is -0.479. The molecule has 0 aliphatic carbocycles. The molecule has 2 aliphatic rings. The largest absolute Gasteiger partial charge is 0.336 e. The van der Waals surface area contributed by atoms with E-state index in [-0.39, 0.29) is 11.8 Å². The van der Waals surface area contributed by atoms with Crippen molar-refractivity contribution in [3.05, 3.63) is 35.6 Å². The minimum Gasteiger partial charge on any atom is -0.336 e. The number of anilines is 1. The van der Waals surface area contributed by atoms with Crippen molar-refractivity contribution in [1.29, 1.82) is 0 Å². The molecule has 2 saturated heterocycles. The molecule has 7 nitrogen and oxygen atoms in total. The Morgan fingerprint density at radius 2 is 2.21 bits per heavy atom. The maximum absolute atomic E-state index is 13.1. The fourth-order valence-electron chi connectivity index (χ4n) is 3.68. The van der Waals surface area contributed by atoms with Crippen LogP contribution in [0, 0.1) is 5.41 Å². The lowest BCUT2D eigenvalue weighted by molar-refractivity contribution is -0.127. The molecule has 0 N–H and O–H groups in total. The second kappa shape index (κ2) is 5.94. The molecule has 0 aromatic carbocycles. The van der Waals surface area contributed by atoms with E-state index in [1.54, 1.807) is 27.6 Å². The van der Waals surface area contributed by atoms with Gasteiger partial charge in [0.25, 0.3) is 5.91 Å². The van der Waals surface area contributed by atoms with Crippen molar-refractivity contribution >= 4 is 29.0 Å². The quantitative estimate of drug-likeness (QED) is 0.827. The summed E-state index contributed by atoms with van der Waals surface area (Å²) in [4.78, 5) is 33.3. The van der Waals surface area contributed by atoms with E-state index >= 15 is 0 Å². The van der Waals surface area contributed by atoms with E-state index in [1.807, 2.05) is 12.1 Å². The molecule has 4 heterocycles. The zero-order valence-electron chi connectivity index (χ0n) is 13.1. The van der Waals surface area contributed by atoms with Crippen molar-refractivity contribution < 1.29 is 9.59 Å². The number of carbonyl (C=O) groups excluding carboxylic acids is 2. The minimum absolute atomic E-state index is 0.101. The fraction of sp³-hybridized carbons (Fsp3) is 0.438. The number of amides is 2. The normalized spacial score (nSPS) is 23.9. The predicted molar refractivity (Wildman–Crippen MR) is 88.7 cm³/mol. The van der Waals surface area contributed by atoms with Crippen molar-refractivity contribution in [1.82, 2.24) is 19.5 Å². The molecular weight excluding hydrogens is 326 g/mol. The SMILES string of the molecule is O=C(c1csnn1)N1CCCC2(CCN(c3cccnc3)C2=O)C1. The number of aromatic nitrogens is 3. The monoisotopic (exact) mass is 343 g/mol. The number of hydrogen-bond donors (Lipinski definition) is 0. The Hall–Kier alpha value is -2.35. The van der Waals surface area contributed by atoms with Crippen LogP contribution in [0.2, 0.25) is 0 Å². The summed E-state index contributed by atoms with van der Waals surface area (Å²) in [6, 6.07) is 3.73. The first-order valence-electron chi connectivity index (χ1n) is 7.98. The fourth-order valence-corrected chi connectivity index (χ4v) is 4.11. The Labute approximate surface area is 143 Å². The van der Waals surface area contributed by atoms with Crippen LogP contribution in [-0.4, -0.2) is 50.9 Å². The first-order chi connectivity index (χ1) is 11.7. The van der Waals surface area contributed by atoms with Crippen LogP contribution in [0.1, 0.15) is 29.8 Å². The number of carbonyl (C=O) groups is 2. The molecule has 0 bridgehead atoms. The van der Waals surface area contributed by atoms with Gasteiger partial charge in [-0.05, 0) is 42.9 Å². The number of likely N-dealkylation sites (tertiary alicyclic amines) is 1. The zero-order chi connectivity index (χ0) is 16.6. The first kappa shape index (κ1) is 15.2. The second-order valence-corrected chi connectivity index (χ2v) is 6.93. The molecule has 1 spiro atoms. The van der Waals surface area contributed by atoms with E-state index in [4.69, 9.17) is 0 Å². The van der Waals surface area contributed by atoms with Crippen molar-refractivity contribution in [2.24, 2.45) is 5.41 Å². The van der Waals surface area contributed by atoms with E-state index in [2.05, 4.69) is 14.6 Å². The van der Waals surface area contributed by atoms with Gasteiger partial charge in [0.15, 0.2) is 5.69 Å². The molecular formula is C16H17N5O2S. The maximum atomic E-state index is 13.1. The Morgan fingerprint density at radius 1 is 1.29 bits per heavy atom. The van der Waals surface area contributed by atoms with Gasteiger partial charge in [-0.15, -0.1) is 5.10 Å². The van der Waals surface area contributed by atoms with Crippen LogP contribution in [0.15, 0.2) is 29.9 Å². The van der Waals surface area contributed by atoms with Crippen molar-refractivity contribution in [2.45, 2.75) is 19.3 Å². The Morgan fingerprint density at radius 3 is 2.96 bits per heavy atom. The van der Waals surface area contributed by atoms with E-state index in [0.29, 0.717) is 25.3 Å². The summed E-state index contributed by atoms with van der Waals surface area (Å²) in [5.41, 5.74) is 0.714. The highest BCUT2D eigenvalue weighted by Gasteiger charge is 2.50. The van der Waals surface area contributed by atoms with Gasteiger partial charge in [-0.1, -0.05) is 4.49 Å². The average Bonchev–Trinajstić information content (AvgIpc) is 3.26. The molecule has 2 aromatic rings. The molecule has 8 heteroatoms. The van der Waals surface area contributed by atoms with Crippen molar-refractivity contribution in [3.63, 3.8) is 0 Å². The lowest BCUT2D eigenvalue weighted by Gasteiger charge is -2.38. The molecule has 24 heavy (non-hydrogen) atoms. The number of rotatable bonds is 2. The maximum Gasteiger partial charge on any atom is 0.275 e. The summed E-state index contributed by atoms with van der Waals surface area (Å²) < 4.78 is 3.76. The standard InChI is InChI=1S/C16H17N5O2S/c22-14(13-10-24-19-18-13)20-7-2-4-16(11-20)5-8-21(15(16)23)12-3-1-6-17-9-12/h1,3,6,9-10H,2,4-5,7-8,11H2. The van der Waals surface area contributed by atoms with E-state index in [1.165, 1.54) is 0 Å². The molecule has 2 amide bonds. The van der Waals surface area contributed by atoms with Gasteiger partial charge in [-0.2, -0.15) is 0 Å². The number of pyridine rings is 1. The van der Waals surface area contributed by atoms with Gasteiger partial charge in [-0.3, -0.25) is 14.6 Å². The highest BCUT2D eigenvalue weighted by molar-refractivity contribution is 7.03. The first-order valence-corrected chi connectivity index (χ1v) is 8.82. The summed E-state index contributed by atoms with van der Waals surface area (Å²) in [6.45, 7) is 1.79. The van der Waals surface area contributed by atoms with Crippen molar-refractivity contribution in [3.8, 4) is 0 Å². The van der Waals surface area contributed by atoms with Crippen LogP contribution in [0.3, 0.4) is 0 Å². The van der Waals surface area contributed by atoms with Gasteiger partial charge >= 0.3 is 0 Å². The van der Waals surface area contributed by atoms with Gasteiger partial charge in [0.2, 0.25) is 5.91 Å². The Bertz CT molecular complexity index is 751. The third-order valence-corrected chi connectivity index (χ3v) is 5.42. The number of hydrogen-bond acceptors (Lipinski definition) is 6. The topological polar surface area (TPSA) is 79.3 Å². The van der Waals surface area contributed by atoms with Crippen molar-refractivity contribution in [2.75, 3.05) is 24.5 Å². The van der Waals surface area contributed by atoms with Crippen LogP contribution < -0.4 is 4.90 Å². The lowest BCUT2D eigenvalue weighted by Crippen LogP contribution is -2.50. The molecule has 2 aliphatic heterocycles. The highest BCUT2D eigenvalue weighted by atomic mass is 32.1. The third-order valence-electron chi connectivity index (χ3n) is 4.91. The van der Waals surface area contributed by atoms with Crippen LogP contribution in [-0.2, 0) is 4.79 Å². The van der Waals surface area contributed by atoms with Crippen LogP contribution in [0.4, 0.5) is 5.69 Å². The Kier molecular flexibility index (Phi) is 3.76. The molecule has 124 valence electrons. The molecule has 0 saturated carbocycles.